The summed E-state index contributed by atoms with van der Waals surface area (Å²) in [5.74, 6) is -0.00692. The molecule has 2 aromatic carbocycles. The molecule has 6 nitrogen and oxygen atoms in total. The lowest BCUT2D eigenvalue weighted by Crippen LogP contribution is -2.34. The van der Waals surface area contributed by atoms with Crippen molar-refractivity contribution in [1.82, 2.24) is 15.5 Å². The molecule has 2 heterocycles. The van der Waals surface area contributed by atoms with E-state index in [9.17, 15) is 4.79 Å². The van der Waals surface area contributed by atoms with E-state index in [1.807, 2.05) is 54.8 Å². The van der Waals surface area contributed by atoms with Crippen molar-refractivity contribution in [2.45, 2.75) is 13.3 Å². The lowest BCUT2D eigenvalue weighted by Gasteiger charge is -2.09. The summed E-state index contributed by atoms with van der Waals surface area (Å²) in [6.45, 7) is 1.90. The number of amides is 1. The summed E-state index contributed by atoms with van der Waals surface area (Å²) in [7, 11) is 0. The summed E-state index contributed by atoms with van der Waals surface area (Å²) in [5, 5.41) is 12.4. The average Bonchev–Trinajstić information content (AvgIpc) is 3.39. The lowest BCUT2D eigenvalue weighted by molar-refractivity contribution is 0.0969. The minimum Gasteiger partial charge on any atom is -0.354 e. The van der Waals surface area contributed by atoms with E-state index in [-0.39, 0.29) is 10.8 Å². The van der Waals surface area contributed by atoms with Crippen LogP contribution >= 0.6 is 23.6 Å². The van der Waals surface area contributed by atoms with Gasteiger partial charge in [-0.15, -0.1) is 11.3 Å². The van der Waals surface area contributed by atoms with E-state index in [0.29, 0.717) is 11.5 Å². The Morgan fingerprint density at radius 2 is 1.83 bits per heavy atom. The van der Waals surface area contributed by atoms with Crippen LogP contribution in [0.2, 0.25) is 0 Å². The first-order valence-electron chi connectivity index (χ1n) is 9.21. The number of nitrogens with zero attached hydrogens (tertiary/aromatic N) is 2. The fraction of sp³-hybridized carbons (Fsp3) is 0.0909. The predicted octanol–water partition coefficient (Wildman–Crippen LogP) is 4.82. The van der Waals surface area contributed by atoms with Gasteiger partial charge in [0.05, 0.1) is 5.01 Å². The monoisotopic (exact) mass is 434 g/mol. The molecule has 30 heavy (non-hydrogen) atoms. The molecule has 0 unspecified atom stereocenters. The molecule has 0 spiro atoms. The largest absolute Gasteiger partial charge is 0.354 e. The summed E-state index contributed by atoms with van der Waals surface area (Å²) >= 11 is 6.74. The minimum atomic E-state index is -0.449. The number of aromatic nitrogens is 2. The van der Waals surface area contributed by atoms with Gasteiger partial charge < -0.3 is 9.84 Å². The topological polar surface area (TPSA) is 80.0 Å². The summed E-state index contributed by atoms with van der Waals surface area (Å²) in [5.41, 5.74) is 4.02. The third kappa shape index (κ3) is 4.97. The Morgan fingerprint density at radius 3 is 2.53 bits per heavy atom. The highest BCUT2D eigenvalue weighted by Crippen LogP contribution is 2.22. The summed E-state index contributed by atoms with van der Waals surface area (Å²) < 4.78 is 5.22. The second-order valence-corrected chi connectivity index (χ2v) is 8.07. The number of carbonyl (C=O) groups excluding carboxylic acids is 1. The zero-order valence-corrected chi connectivity index (χ0v) is 17.7. The predicted molar refractivity (Wildman–Crippen MR) is 122 cm³/mol. The van der Waals surface area contributed by atoms with E-state index < -0.39 is 5.91 Å². The van der Waals surface area contributed by atoms with Crippen LogP contribution in [0.1, 0.15) is 26.6 Å². The van der Waals surface area contributed by atoms with Gasteiger partial charge in [0.2, 0.25) is 0 Å². The van der Waals surface area contributed by atoms with Crippen molar-refractivity contribution in [3.05, 3.63) is 87.9 Å². The van der Waals surface area contributed by atoms with E-state index >= 15 is 0 Å². The number of thiazole rings is 1. The van der Waals surface area contributed by atoms with Gasteiger partial charge in [-0.25, -0.2) is 4.98 Å². The Balaban J connectivity index is 1.33. The van der Waals surface area contributed by atoms with Crippen LogP contribution in [0.15, 0.2) is 70.6 Å². The maximum atomic E-state index is 12.4. The molecule has 8 heteroatoms. The SMILES string of the molecule is Cc1nc(-c2cc(C(=O)NC(=S)Nc3ccc(Cc4ccccc4)cc3)no2)cs1. The molecule has 0 aliphatic heterocycles. The van der Waals surface area contributed by atoms with Gasteiger partial charge in [-0.1, -0.05) is 47.6 Å². The summed E-state index contributed by atoms with van der Waals surface area (Å²) in [4.78, 5) is 16.7. The molecule has 0 saturated carbocycles. The van der Waals surface area contributed by atoms with Crippen molar-refractivity contribution >= 4 is 40.3 Å². The molecule has 0 aliphatic carbocycles. The van der Waals surface area contributed by atoms with Crippen LogP contribution < -0.4 is 10.6 Å². The number of carbonyl (C=O) groups is 1. The molecule has 4 rings (SSSR count). The van der Waals surface area contributed by atoms with Crippen LogP contribution in [0.4, 0.5) is 5.69 Å². The third-order valence-electron chi connectivity index (χ3n) is 4.30. The van der Waals surface area contributed by atoms with Crippen molar-refractivity contribution in [2.75, 3.05) is 5.32 Å². The van der Waals surface area contributed by atoms with Gasteiger partial charge in [-0.05, 0) is 48.8 Å². The Labute approximate surface area is 183 Å². The average molecular weight is 435 g/mol. The van der Waals surface area contributed by atoms with E-state index in [4.69, 9.17) is 16.7 Å². The molecule has 2 N–H and O–H groups in total. The van der Waals surface area contributed by atoms with Crippen LogP contribution in [0.5, 0.6) is 0 Å². The van der Waals surface area contributed by atoms with Gasteiger partial charge >= 0.3 is 0 Å². The summed E-state index contributed by atoms with van der Waals surface area (Å²) in [6, 6.07) is 19.7. The maximum absolute atomic E-state index is 12.4. The lowest BCUT2D eigenvalue weighted by atomic mass is 10.1. The Morgan fingerprint density at radius 1 is 1.10 bits per heavy atom. The van der Waals surface area contributed by atoms with Gasteiger partial charge in [0.1, 0.15) is 5.69 Å². The van der Waals surface area contributed by atoms with Crippen LogP contribution in [0, 0.1) is 6.92 Å². The minimum absolute atomic E-state index is 0.137. The summed E-state index contributed by atoms with van der Waals surface area (Å²) in [6.07, 6.45) is 0.856. The van der Waals surface area contributed by atoms with Crippen molar-refractivity contribution in [1.29, 1.82) is 0 Å². The number of aryl methyl sites for hydroxylation is 1. The van der Waals surface area contributed by atoms with Crippen molar-refractivity contribution in [3.8, 4) is 11.5 Å². The standard InChI is InChI=1S/C22H18N4O2S2/c1-14-23-19(13-30-14)20-12-18(26-28-20)21(27)25-22(29)24-17-9-7-16(8-10-17)11-15-5-3-2-4-6-15/h2-10,12-13H,11H2,1H3,(H2,24,25,27,29). The van der Waals surface area contributed by atoms with Gasteiger partial charge in [-0.3, -0.25) is 10.1 Å². The molecule has 0 bridgehead atoms. The van der Waals surface area contributed by atoms with E-state index in [2.05, 4.69) is 32.9 Å². The highest BCUT2D eigenvalue weighted by molar-refractivity contribution is 7.80. The van der Waals surface area contributed by atoms with Crippen LogP contribution in [-0.2, 0) is 6.42 Å². The Hall–Kier alpha value is -3.36. The van der Waals surface area contributed by atoms with Crippen LogP contribution in [0.3, 0.4) is 0 Å². The van der Waals surface area contributed by atoms with Gasteiger partial charge in [-0.2, -0.15) is 0 Å². The van der Waals surface area contributed by atoms with Crippen LogP contribution in [0.25, 0.3) is 11.5 Å². The maximum Gasteiger partial charge on any atom is 0.279 e. The number of hydrogen-bond donors (Lipinski definition) is 2. The molecule has 0 radical (unpaired) electrons. The molecule has 1 amide bonds. The Kier molecular flexibility index (Phi) is 5.97. The quantitative estimate of drug-likeness (QED) is 0.438. The van der Waals surface area contributed by atoms with Crippen molar-refractivity contribution in [2.24, 2.45) is 0 Å². The first-order chi connectivity index (χ1) is 14.6. The molecule has 4 aromatic rings. The Bertz CT molecular complexity index is 1170. The van der Waals surface area contributed by atoms with Gasteiger partial charge in [0.15, 0.2) is 16.6 Å². The number of thiocarbonyl (C=S) groups is 1. The van der Waals surface area contributed by atoms with E-state index in [1.165, 1.54) is 22.5 Å². The number of nitrogens with one attached hydrogen (secondary N) is 2. The molecule has 0 aliphatic rings. The number of rotatable bonds is 5. The second-order valence-electron chi connectivity index (χ2n) is 6.60. The molecule has 2 aromatic heterocycles. The fourth-order valence-electron chi connectivity index (χ4n) is 2.85. The molecule has 0 fully saturated rings. The fourth-order valence-corrected chi connectivity index (χ4v) is 3.66. The van der Waals surface area contributed by atoms with Crippen molar-refractivity contribution < 1.29 is 9.32 Å². The molecular weight excluding hydrogens is 416 g/mol. The third-order valence-corrected chi connectivity index (χ3v) is 5.28. The normalized spacial score (nSPS) is 10.6. The zero-order valence-electron chi connectivity index (χ0n) is 16.1. The number of hydrogen-bond acceptors (Lipinski definition) is 6. The van der Waals surface area contributed by atoms with E-state index in [0.717, 1.165) is 17.1 Å². The van der Waals surface area contributed by atoms with Crippen molar-refractivity contribution in [3.63, 3.8) is 0 Å². The van der Waals surface area contributed by atoms with Crippen LogP contribution in [-0.4, -0.2) is 21.2 Å². The second kappa shape index (κ2) is 8.98. The molecule has 0 saturated heterocycles. The highest BCUT2D eigenvalue weighted by Gasteiger charge is 2.16. The highest BCUT2D eigenvalue weighted by atomic mass is 32.1. The zero-order chi connectivity index (χ0) is 20.9. The van der Waals surface area contributed by atoms with E-state index in [1.54, 1.807) is 6.07 Å². The van der Waals surface area contributed by atoms with Gasteiger partial charge in [0.25, 0.3) is 5.91 Å². The van der Waals surface area contributed by atoms with Gasteiger partial charge in [0, 0.05) is 17.1 Å². The molecule has 0 atom stereocenters. The smallest absolute Gasteiger partial charge is 0.279 e. The molecular formula is C22H18N4O2S2. The number of anilines is 1. The number of benzene rings is 2. The molecule has 150 valence electrons. The first-order valence-corrected chi connectivity index (χ1v) is 10.5. The first kappa shape index (κ1) is 19.9.